The van der Waals surface area contributed by atoms with Crippen LogP contribution >= 0.6 is 0 Å². The fourth-order valence-electron chi connectivity index (χ4n) is 3.36. The lowest BCUT2D eigenvalue weighted by Gasteiger charge is -2.14. The SMILES string of the molecule is CS(=O)(=O)O.CS(=O)CCNC(=O)c1ccc(-c2ccccc2C(=O)Nc2ccc(C(=N)N)cc2)c(C(=O)O)c1. The Kier molecular flexibility index (Phi) is 11.2. The molecule has 0 heterocycles. The lowest BCUT2D eigenvalue weighted by Crippen LogP contribution is -2.27. The predicted octanol–water partition coefficient (Wildman–Crippen LogP) is 2.20. The minimum absolute atomic E-state index is 0.0908. The van der Waals surface area contributed by atoms with Gasteiger partial charge in [0.1, 0.15) is 5.84 Å². The van der Waals surface area contributed by atoms with Gasteiger partial charge in [0.2, 0.25) is 0 Å². The Bertz CT molecular complexity index is 1550. The second-order valence-corrected chi connectivity index (χ2v) is 11.3. The van der Waals surface area contributed by atoms with Crippen LogP contribution in [0.15, 0.2) is 66.7 Å². The molecule has 0 saturated heterocycles. The molecule has 0 spiro atoms. The number of benzene rings is 3. The van der Waals surface area contributed by atoms with Crippen molar-refractivity contribution in [2.45, 2.75) is 0 Å². The number of carbonyl (C=O) groups excluding carboxylic acids is 2. The van der Waals surface area contributed by atoms with E-state index in [4.69, 9.17) is 15.7 Å². The monoisotopic (exact) mass is 588 g/mol. The molecule has 7 N–H and O–H groups in total. The molecule has 3 aromatic rings. The summed E-state index contributed by atoms with van der Waals surface area (Å²) >= 11 is 0. The Hall–Kier alpha value is -4.40. The summed E-state index contributed by atoms with van der Waals surface area (Å²) in [6.45, 7) is 0.197. The van der Waals surface area contributed by atoms with Crippen LogP contribution in [-0.2, 0) is 20.9 Å². The molecular weight excluding hydrogens is 560 g/mol. The van der Waals surface area contributed by atoms with Gasteiger partial charge in [0.25, 0.3) is 21.9 Å². The Morgan fingerprint density at radius 3 is 2.02 bits per heavy atom. The van der Waals surface area contributed by atoms with Crippen molar-refractivity contribution < 1.29 is 36.7 Å². The average Bonchev–Trinajstić information content (AvgIpc) is 2.87. The zero-order valence-electron chi connectivity index (χ0n) is 21.5. The summed E-state index contributed by atoms with van der Waals surface area (Å²) in [7, 11) is -4.73. The first-order chi connectivity index (χ1) is 18.7. The number of nitrogens with one attached hydrogen (secondary N) is 3. The molecular formula is C26H28N4O8S2. The van der Waals surface area contributed by atoms with Crippen molar-refractivity contribution >= 4 is 50.2 Å². The van der Waals surface area contributed by atoms with Crippen molar-refractivity contribution in [2.24, 2.45) is 5.73 Å². The van der Waals surface area contributed by atoms with Gasteiger partial charge in [-0.25, -0.2) is 4.79 Å². The van der Waals surface area contributed by atoms with E-state index >= 15 is 0 Å². The Balaban J connectivity index is 0.00000103. The van der Waals surface area contributed by atoms with Gasteiger partial charge in [-0.15, -0.1) is 0 Å². The van der Waals surface area contributed by atoms with Gasteiger partial charge in [0.05, 0.1) is 11.8 Å². The number of carbonyl (C=O) groups is 3. The highest BCUT2D eigenvalue weighted by Crippen LogP contribution is 2.29. The van der Waals surface area contributed by atoms with E-state index < -0.39 is 38.7 Å². The van der Waals surface area contributed by atoms with Crippen LogP contribution in [0.5, 0.6) is 0 Å². The smallest absolute Gasteiger partial charge is 0.336 e. The first-order valence-corrected chi connectivity index (χ1v) is 15.0. The van der Waals surface area contributed by atoms with Crippen LogP contribution in [0.3, 0.4) is 0 Å². The highest BCUT2D eigenvalue weighted by molar-refractivity contribution is 7.85. The first-order valence-electron chi connectivity index (χ1n) is 11.4. The van der Waals surface area contributed by atoms with Crippen molar-refractivity contribution in [3.63, 3.8) is 0 Å². The van der Waals surface area contributed by atoms with Gasteiger partial charge in [-0.3, -0.25) is 23.8 Å². The Labute approximate surface area is 233 Å². The summed E-state index contributed by atoms with van der Waals surface area (Å²) in [6.07, 6.45) is 2.24. The number of rotatable bonds is 9. The average molecular weight is 589 g/mol. The Morgan fingerprint density at radius 1 is 0.925 bits per heavy atom. The molecule has 0 radical (unpaired) electrons. The van der Waals surface area contributed by atoms with Crippen LogP contribution in [0.1, 0.15) is 36.6 Å². The van der Waals surface area contributed by atoms with Crippen LogP contribution in [0.2, 0.25) is 0 Å². The highest BCUT2D eigenvalue weighted by Gasteiger charge is 2.20. The van der Waals surface area contributed by atoms with E-state index in [2.05, 4.69) is 10.6 Å². The summed E-state index contributed by atoms with van der Waals surface area (Å²) in [5, 5.41) is 22.6. The predicted molar refractivity (Wildman–Crippen MR) is 153 cm³/mol. The molecule has 212 valence electrons. The van der Waals surface area contributed by atoms with E-state index in [0.717, 1.165) is 0 Å². The molecule has 0 aliphatic carbocycles. The molecule has 1 unspecified atom stereocenters. The van der Waals surface area contributed by atoms with Crippen molar-refractivity contribution in [1.82, 2.24) is 5.32 Å². The molecule has 0 fully saturated rings. The summed E-state index contributed by atoms with van der Waals surface area (Å²) in [4.78, 5) is 37.5. The van der Waals surface area contributed by atoms with E-state index in [1.807, 2.05) is 0 Å². The number of hydrogen-bond acceptors (Lipinski definition) is 7. The van der Waals surface area contributed by atoms with Gasteiger partial charge in [0.15, 0.2) is 0 Å². The minimum atomic E-state index is -3.67. The fourth-order valence-corrected chi connectivity index (χ4v) is 3.74. The third kappa shape index (κ3) is 10.1. The molecule has 0 aliphatic heterocycles. The van der Waals surface area contributed by atoms with Crippen molar-refractivity contribution in [2.75, 3.05) is 30.1 Å². The second-order valence-electron chi connectivity index (χ2n) is 8.32. The Morgan fingerprint density at radius 2 is 1.48 bits per heavy atom. The van der Waals surface area contributed by atoms with Crippen LogP contribution < -0.4 is 16.4 Å². The zero-order valence-corrected chi connectivity index (χ0v) is 23.1. The maximum Gasteiger partial charge on any atom is 0.336 e. The molecule has 0 aliphatic rings. The highest BCUT2D eigenvalue weighted by atomic mass is 32.2. The topological polar surface area (TPSA) is 217 Å². The molecule has 1 atom stereocenters. The van der Waals surface area contributed by atoms with Gasteiger partial charge in [0, 0.05) is 51.7 Å². The van der Waals surface area contributed by atoms with E-state index in [1.54, 1.807) is 48.5 Å². The molecule has 12 nitrogen and oxygen atoms in total. The molecule has 0 aromatic heterocycles. The third-order valence-electron chi connectivity index (χ3n) is 5.10. The van der Waals surface area contributed by atoms with Crippen molar-refractivity contribution in [3.8, 4) is 11.1 Å². The van der Waals surface area contributed by atoms with Crippen molar-refractivity contribution in [1.29, 1.82) is 5.41 Å². The summed E-state index contributed by atoms with van der Waals surface area (Å²) < 4.78 is 37.1. The van der Waals surface area contributed by atoms with Gasteiger partial charge >= 0.3 is 5.97 Å². The quantitative estimate of drug-likeness (QED) is 0.122. The van der Waals surface area contributed by atoms with Gasteiger partial charge in [-0.1, -0.05) is 24.3 Å². The number of amidine groups is 1. The molecule has 40 heavy (non-hydrogen) atoms. The normalized spacial score (nSPS) is 11.4. The van der Waals surface area contributed by atoms with Gasteiger partial charge in [-0.2, -0.15) is 8.42 Å². The number of aromatic carboxylic acids is 1. The molecule has 2 amide bonds. The minimum Gasteiger partial charge on any atom is -0.478 e. The fraction of sp³-hybridized carbons (Fsp3) is 0.154. The number of amides is 2. The third-order valence-corrected chi connectivity index (χ3v) is 5.88. The second kappa shape index (κ2) is 14.1. The van der Waals surface area contributed by atoms with Gasteiger partial charge < -0.3 is 21.5 Å². The maximum atomic E-state index is 13.0. The molecule has 0 bridgehead atoms. The van der Waals surface area contributed by atoms with Crippen LogP contribution in [0.4, 0.5) is 5.69 Å². The van der Waals surface area contributed by atoms with E-state index in [9.17, 15) is 32.1 Å². The molecule has 3 aromatic carbocycles. The largest absolute Gasteiger partial charge is 0.478 e. The van der Waals surface area contributed by atoms with Crippen LogP contribution in [0.25, 0.3) is 11.1 Å². The number of anilines is 1. The first kappa shape index (κ1) is 31.8. The van der Waals surface area contributed by atoms with Gasteiger partial charge in [-0.05, 0) is 53.6 Å². The standard InChI is InChI=1S/C25H24N4O5S.CH4O3S/c1-35(34)13-12-28-23(30)16-8-11-19(21(14-16)25(32)33)18-4-2-3-5-20(18)24(31)29-17-9-6-15(7-10-17)22(26)27;1-5(2,3)4/h2-11,14H,12-13H2,1H3,(H3,26,27)(H,28,30)(H,29,31)(H,32,33);1H3,(H,2,3,4). The lowest BCUT2D eigenvalue weighted by molar-refractivity contribution is 0.0697. The number of carboxylic acid groups (broad SMARTS) is 1. The number of hydrogen-bond donors (Lipinski definition) is 6. The number of nitrogen functional groups attached to an aromatic ring is 1. The molecule has 3 rings (SSSR count). The summed E-state index contributed by atoms with van der Waals surface area (Å²) in [6, 6.07) is 17.2. The van der Waals surface area contributed by atoms with Crippen LogP contribution in [0, 0.1) is 5.41 Å². The number of carboxylic acids is 1. The van der Waals surface area contributed by atoms with E-state index in [0.29, 0.717) is 23.1 Å². The maximum absolute atomic E-state index is 13.0. The molecule has 0 saturated carbocycles. The van der Waals surface area contributed by atoms with Crippen molar-refractivity contribution in [3.05, 3.63) is 89.0 Å². The summed E-state index contributed by atoms with van der Waals surface area (Å²) in [5.74, 6) is -1.99. The lowest BCUT2D eigenvalue weighted by atomic mass is 9.93. The van der Waals surface area contributed by atoms with E-state index in [1.165, 1.54) is 24.5 Å². The number of nitrogens with two attached hydrogens (primary N) is 1. The summed E-state index contributed by atoms with van der Waals surface area (Å²) in [5.41, 5.74) is 7.36. The zero-order chi connectivity index (χ0) is 30.0. The van der Waals surface area contributed by atoms with Crippen LogP contribution in [-0.4, -0.2) is 70.7 Å². The van der Waals surface area contributed by atoms with E-state index in [-0.39, 0.29) is 40.4 Å². The molecule has 14 heteroatoms.